The minimum absolute atomic E-state index is 0.138. The first-order chi connectivity index (χ1) is 6.74. The van der Waals surface area contributed by atoms with E-state index in [0.29, 0.717) is 0 Å². The highest BCUT2D eigenvalue weighted by atomic mass is 14.3. The van der Waals surface area contributed by atoms with Gasteiger partial charge in [-0.1, -0.05) is 12.1 Å². The van der Waals surface area contributed by atoms with Crippen LogP contribution in [0.5, 0.6) is 0 Å². The van der Waals surface area contributed by atoms with Gasteiger partial charge in [-0.05, 0) is 55.4 Å². The van der Waals surface area contributed by atoms with E-state index in [1.165, 1.54) is 22.3 Å². The van der Waals surface area contributed by atoms with Gasteiger partial charge in [-0.25, -0.2) is 0 Å². The molecule has 1 atom stereocenters. The third-order valence-electron chi connectivity index (χ3n) is 3.23. The molecule has 0 bridgehead atoms. The average molecular weight is 185 g/mol. The fourth-order valence-electron chi connectivity index (χ4n) is 2.46. The minimum Gasteiger partial charge on any atom is -0.198 e. The van der Waals surface area contributed by atoms with E-state index in [1.54, 1.807) is 0 Å². The molecule has 0 N–H and O–H groups in total. The van der Waals surface area contributed by atoms with Gasteiger partial charge in [0.1, 0.15) is 0 Å². The molecule has 1 unspecified atom stereocenters. The van der Waals surface area contributed by atoms with E-state index in [1.807, 2.05) is 0 Å². The van der Waals surface area contributed by atoms with E-state index in [4.69, 9.17) is 5.26 Å². The van der Waals surface area contributed by atoms with Crippen molar-refractivity contribution in [1.82, 2.24) is 0 Å². The molecule has 1 aliphatic carbocycles. The van der Waals surface area contributed by atoms with Crippen LogP contribution in [0.4, 0.5) is 0 Å². The summed E-state index contributed by atoms with van der Waals surface area (Å²) in [6.07, 6.45) is 3.35. The number of hydrogen-bond acceptors (Lipinski definition) is 1. The number of nitrogens with zero attached hydrogens (tertiary/aromatic N) is 1. The van der Waals surface area contributed by atoms with Crippen LogP contribution in [0.2, 0.25) is 0 Å². The highest BCUT2D eigenvalue weighted by Crippen LogP contribution is 2.34. The number of nitriles is 1. The summed E-state index contributed by atoms with van der Waals surface area (Å²) in [7, 11) is 0. The summed E-state index contributed by atoms with van der Waals surface area (Å²) < 4.78 is 0. The van der Waals surface area contributed by atoms with Gasteiger partial charge in [-0.3, -0.25) is 0 Å². The van der Waals surface area contributed by atoms with Gasteiger partial charge in [-0.2, -0.15) is 5.26 Å². The molecular weight excluding hydrogens is 170 g/mol. The summed E-state index contributed by atoms with van der Waals surface area (Å²) in [4.78, 5) is 0. The first-order valence-electron chi connectivity index (χ1n) is 5.22. The highest BCUT2D eigenvalue weighted by molar-refractivity contribution is 5.45. The maximum absolute atomic E-state index is 9.10. The fraction of sp³-hybridized carbons (Fsp3) is 0.462. The van der Waals surface area contributed by atoms with Crippen molar-refractivity contribution in [2.24, 2.45) is 0 Å². The largest absolute Gasteiger partial charge is 0.198 e. The van der Waals surface area contributed by atoms with Gasteiger partial charge in [0.25, 0.3) is 0 Å². The summed E-state index contributed by atoms with van der Waals surface area (Å²) in [6.45, 7) is 4.27. The Morgan fingerprint density at radius 1 is 1.29 bits per heavy atom. The van der Waals surface area contributed by atoms with Crippen LogP contribution in [-0.4, -0.2) is 0 Å². The average Bonchev–Trinajstić information content (AvgIpc) is 2.23. The van der Waals surface area contributed by atoms with Crippen LogP contribution < -0.4 is 0 Å². The van der Waals surface area contributed by atoms with Crippen LogP contribution in [-0.2, 0) is 6.42 Å². The molecule has 0 radical (unpaired) electrons. The summed E-state index contributed by atoms with van der Waals surface area (Å²) >= 11 is 0. The molecule has 1 nitrogen and oxygen atoms in total. The van der Waals surface area contributed by atoms with Crippen molar-refractivity contribution in [3.63, 3.8) is 0 Å². The van der Waals surface area contributed by atoms with Crippen LogP contribution in [0.15, 0.2) is 12.1 Å². The monoisotopic (exact) mass is 185 g/mol. The third-order valence-corrected chi connectivity index (χ3v) is 3.23. The number of benzene rings is 1. The predicted molar refractivity (Wildman–Crippen MR) is 57.2 cm³/mol. The summed E-state index contributed by atoms with van der Waals surface area (Å²) in [6, 6.07) is 6.75. The Morgan fingerprint density at radius 3 is 2.71 bits per heavy atom. The molecule has 0 amide bonds. The number of fused-ring (bicyclic) bond motifs is 1. The Labute approximate surface area is 85.4 Å². The molecule has 1 aliphatic rings. The first-order valence-corrected chi connectivity index (χ1v) is 5.22. The first kappa shape index (κ1) is 9.27. The topological polar surface area (TPSA) is 23.8 Å². The second-order valence-electron chi connectivity index (χ2n) is 4.17. The zero-order valence-electron chi connectivity index (χ0n) is 8.80. The zero-order chi connectivity index (χ0) is 10.1. The van der Waals surface area contributed by atoms with Crippen molar-refractivity contribution in [1.29, 1.82) is 5.26 Å². The van der Waals surface area contributed by atoms with Gasteiger partial charge in [0.2, 0.25) is 0 Å². The van der Waals surface area contributed by atoms with Crippen molar-refractivity contribution in [2.45, 2.75) is 39.0 Å². The molecule has 1 aromatic rings. The van der Waals surface area contributed by atoms with E-state index in [2.05, 4.69) is 32.0 Å². The fourth-order valence-corrected chi connectivity index (χ4v) is 2.46. The van der Waals surface area contributed by atoms with Crippen molar-refractivity contribution in [3.8, 4) is 6.07 Å². The lowest BCUT2D eigenvalue weighted by atomic mass is 9.79. The molecule has 0 saturated heterocycles. The maximum Gasteiger partial charge on any atom is 0.0718 e. The summed E-state index contributed by atoms with van der Waals surface area (Å²) in [5, 5.41) is 9.10. The number of aryl methyl sites for hydroxylation is 2. The molecule has 2 rings (SSSR count). The lowest BCUT2D eigenvalue weighted by Crippen LogP contribution is -2.11. The maximum atomic E-state index is 9.10. The third kappa shape index (κ3) is 1.32. The molecule has 0 spiro atoms. The quantitative estimate of drug-likeness (QED) is 0.608. The predicted octanol–water partition coefficient (Wildman–Crippen LogP) is 3.25. The van der Waals surface area contributed by atoms with Gasteiger partial charge in [0, 0.05) is 0 Å². The van der Waals surface area contributed by atoms with E-state index in [9.17, 15) is 0 Å². The molecule has 0 aliphatic heterocycles. The van der Waals surface area contributed by atoms with Gasteiger partial charge < -0.3 is 0 Å². The molecule has 0 saturated carbocycles. The second kappa shape index (κ2) is 3.46. The molecule has 0 heterocycles. The van der Waals surface area contributed by atoms with Crippen LogP contribution in [0.25, 0.3) is 0 Å². The van der Waals surface area contributed by atoms with E-state index < -0.39 is 0 Å². The van der Waals surface area contributed by atoms with Crippen LogP contribution >= 0.6 is 0 Å². The lowest BCUT2D eigenvalue weighted by molar-refractivity contribution is 0.630. The van der Waals surface area contributed by atoms with Gasteiger partial charge in [-0.15, -0.1) is 0 Å². The Bertz CT molecular complexity index is 398. The second-order valence-corrected chi connectivity index (χ2v) is 4.17. The van der Waals surface area contributed by atoms with E-state index in [-0.39, 0.29) is 5.92 Å². The van der Waals surface area contributed by atoms with E-state index in [0.717, 1.165) is 19.3 Å². The molecule has 14 heavy (non-hydrogen) atoms. The molecule has 1 heteroatoms. The molecule has 0 aromatic heterocycles. The SMILES string of the molecule is Cc1ccc(C)c2c1CCCC2C#N. The van der Waals surface area contributed by atoms with Crippen LogP contribution in [0, 0.1) is 25.2 Å². The standard InChI is InChI=1S/C13H15N/c1-9-6-7-10(2)13-11(8-14)4-3-5-12(9)13/h6-7,11H,3-5H2,1-2H3. The Morgan fingerprint density at radius 2 is 2.00 bits per heavy atom. The molecular formula is C13H15N. The Hall–Kier alpha value is -1.29. The zero-order valence-corrected chi connectivity index (χ0v) is 8.80. The van der Waals surface area contributed by atoms with Crippen molar-refractivity contribution in [2.75, 3.05) is 0 Å². The summed E-state index contributed by atoms with van der Waals surface area (Å²) in [5.74, 6) is 0.138. The van der Waals surface area contributed by atoms with Crippen LogP contribution in [0.1, 0.15) is 41.0 Å². The van der Waals surface area contributed by atoms with Gasteiger partial charge >= 0.3 is 0 Å². The Balaban J connectivity index is 2.62. The van der Waals surface area contributed by atoms with Crippen molar-refractivity contribution >= 4 is 0 Å². The van der Waals surface area contributed by atoms with Gasteiger partial charge in [0.15, 0.2) is 0 Å². The molecule has 0 fully saturated rings. The molecule has 72 valence electrons. The van der Waals surface area contributed by atoms with E-state index >= 15 is 0 Å². The number of hydrogen-bond donors (Lipinski definition) is 0. The van der Waals surface area contributed by atoms with Crippen molar-refractivity contribution < 1.29 is 0 Å². The highest BCUT2D eigenvalue weighted by Gasteiger charge is 2.22. The molecule has 1 aromatic carbocycles. The lowest BCUT2D eigenvalue weighted by Gasteiger charge is -2.24. The summed E-state index contributed by atoms with van der Waals surface area (Å²) in [5.41, 5.74) is 5.39. The Kier molecular flexibility index (Phi) is 2.29. The van der Waals surface area contributed by atoms with Crippen LogP contribution in [0.3, 0.4) is 0 Å². The number of rotatable bonds is 0. The minimum atomic E-state index is 0.138. The van der Waals surface area contributed by atoms with Crippen molar-refractivity contribution in [3.05, 3.63) is 34.4 Å². The van der Waals surface area contributed by atoms with Gasteiger partial charge in [0.05, 0.1) is 12.0 Å². The smallest absolute Gasteiger partial charge is 0.0718 e. The normalized spacial score (nSPS) is 19.9.